The van der Waals surface area contributed by atoms with Crippen LogP contribution in [0.1, 0.15) is 40.7 Å². The van der Waals surface area contributed by atoms with Gasteiger partial charge in [-0.25, -0.2) is 9.69 Å². The van der Waals surface area contributed by atoms with Crippen molar-refractivity contribution in [2.24, 2.45) is 0 Å². The number of hydrogen-bond acceptors (Lipinski definition) is 7. The van der Waals surface area contributed by atoms with Gasteiger partial charge >= 0.3 is 5.97 Å². The highest BCUT2D eigenvalue weighted by Gasteiger charge is 2.38. The molecule has 1 aromatic heterocycles. The Morgan fingerprint density at radius 1 is 0.967 bits per heavy atom. The number of Topliss-reactive ketones (excluding diaryl/α,β-unsaturated/α-hetero) is 1. The molecule has 1 aliphatic rings. The second kappa shape index (κ2) is 7.92. The number of fused-ring (bicyclic) bond motifs is 1. The van der Waals surface area contributed by atoms with Gasteiger partial charge in [-0.05, 0) is 41.8 Å². The van der Waals surface area contributed by atoms with E-state index in [1.807, 2.05) is 0 Å². The number of benzene rings is 2. The minimum absolute atomic E-state index is 0.0794. The van der Waals surface area contributed by atoms with Gasteiger partial charge in [0.15, 0.2) is 6.61 Å². The number of methoxy groups -OCH3 is 1. The molecule has 0 atom stereocenters. The molecular formula is C22H15NO6S. The molecule has 0 radical (unpaired) electrons. The number of rotatable bonds is 6. The number of hydrogen-bond donors (Lipinski definition) is 0. The van der Waals surface area contributed by atoms with E-state index >= 15 is 0 Å². The molecule has 150 valence electrons. The third-order valence-electron chi connectivity index (χ3n) is 4.58. The molecule has 2 heterocycles. The molecule has 2 amide bonds. The van der Waals surface area contributed by atoms with Gasteiger partial charge < -0.3 is 9.47 Å². The number of carbonyl (C=O) groups excluding carboxylic acids is 4. The van der Waals surface area contributed by atoms with Crippen molar-refractivity contribution in [3.63, 3.8) is 0 Å². The lowest BCUT2D eigenvalue weighted by molar-refractivity contribution is 0.0475. The van der Waals surface area contributed by atoms with E-state index in [4.69, 9.17) is 9.47 Å². The lowest BCUT2D eigenvalue weighted by atomic mass is 10.1. The summed E-state index contributed by atoms with van der Waals surface area (Å²) in [6.45, 7) is -0.406. The first-order chi connectivity index (χ1) is 14.5. The van der Waals surface area contributed by atoms with Crippen LogP contribution < -0.4 is 9.64 Å². The van der Waals surface area contributed by atoms with Crippen LogP contribution in [0.3, 0.4) is 0 Å². The van der Waals surface area contributed by atoms with Crippen molar-refractivity contribution in [2.45, 2.75) is 0 Å². The van der Waals surface area contributed by atoms with Crippen LogP contribution in [-0.2, 0) is 4.74 Å². The normalized spacial score (nSPS) is 12.6. The van der Waals surface area contributed by atoms with Gasteiger partial charge in [-0.2, -0.15) is 0 Å². The number of esters is 1. The first-order valence-electron chi connectivity index (χ1n) is 8.91. The minimum Gasteiger partial charge on any atom is -0.495 e. The number of ketones is 1. The molecule has 3 aromatic rings. The fourth-order valence-electron chi connectivity index (χ4n) is 3.12. The van der Waals surface area contributed by atoms with Gasteiger partial charge in [-0.3, -0.25) is 14.4 Å². The maximum absolute atomic E-state index is 12.9. The van der Waals surface area contributed by atoms with Gasteiger partial charge in [0.05, 0.1) is 34.4 Å². The fourth-order valence-corrected chi connectivity index (χ4v) is 3.78. The summed E-state index contributed by atoms with van der Waals surface area (Å²) in [4.78, 5) is 51.6. The van der Waals surface area contributed by atoms with E-state index in [9.17, 15) is 19.2 Å². The van der Waals surface area contributed by atoms with Gasteiger partial charge in [0, 0.05) is 0 Å². The van der Waals surface area contributed by atoms with Crippen LogP contribution >= 0.6 is 11.3 Å². The molecule has 0 bridgehead atoms. The van der Waals surface area contributed by atoms with Gasteiger partial charge in [-0.1, -0.05) is 18.2 Å². The summed E-state index contributed by atoms with van der Waals surface area (Å²) in [5.41, 5.74) is 0.662. The first kappa shape index (κ1) is 19.5. The summed E-state index contributed by atoms with van der Waals surface area (Å²) in [7, 11) is 1.45. The quantitative estimate of drug-likeness (QED) is 0.343. The number of nitrogens with zero attached hydrogens (tertiary/aromatic N) is 1. The average molecular weight is 421 g/mol. The number of thiophene rings is 1. The number of ether oxygens (including phenoxy) is 2. The number of para-hydroxylation sites is 2. The van der Waals surface area contributed by atoms with Crippen molar-refractivity contribution >= 4 is 40.6 Å². The van der Waals surface area contributed by atoms with Crippen molar-refractivity contribution in [1.82, 2.24) is 0 Å². The molecular weight excluding hydrogens is 406 g/mol. The summed E-state index contributed by atoms with van der Waals surface area (Å²) in [5, 5.41) is 1.76. The maximum atomic E-state index is 12.9. The van der Waals surface area contributed by atoms with Crippen LogP contribution in [0.25, 0.3) is 0 Å². The minimum atomic E-state index is -0.751. The Bertz CT molecular complexity index is 1170. The monoisotopic (exact) mass is 421 g/mol. The summed E-state index contributed by atoms with van der Waals surface area (Å²) >= 11 is 1.26. The van der Waals surface area contributed by atoms with Crippen molar-refractivity contribution < 1.29 is 28.7 Å². The van der Waals surface area contributed by atoms with Crippen molar-refractivity contribution in [3.05, 3.63) is 81.5 Å². The topological polar surface area (TPSA) is 90.0 Å². The second-order valence-electron chi connectivity index (χ2n) is 6.35. The third-order valence-corrected chi connectivity index (χ3v) is 5.49. The van der Waals surface area contributed by atoms with Crippen molar-refractivity contribution in [2.75, 3.05) is 18.6 Å². The van der Waals surface area contributed by atoms with E-state index in [1.54, 1.807) is 41.8 Å². The van der Waals surface area contributed by atoms with Gasteiger partial charge in [0.2, 0.25) is 5.78 Å². The molecule has 0 fully saturated rings. The largest absolute Gasteiger partial charge is 0.495 e. The Labute approximate surface area is 175 Å². The summed E-state index contributed by atoms with van der Waals surface area (Å²) in [6.07, 6.45) is 0. The number of carbonyl (C=O) groups is 4. The Hall–Kier alpha value is -3.78. The molecule has 4 rings (SSSR count). The highest BCUT2D eigenvalue weighted by Crippen LogP contribution is 2.34. The Kier molecular flexibility index (Phi) is 5.16. The number of amides is 2. The van der Waals surface area contributed by atoms with Crippen LogP contribution in [0.2, 0.25) is 0 Å². The predicted octanol–water partition coefficient (Wildman–Crippen LogP) is 3.60. The van der Waals surface area contributed by atoms with Gasteiger partial charge in [0.1, 0.15) is 5.75 Å². The highest BCUT2D eigenvalue weighted by molar-refractivity contribution is 7.12. The van der Waals surface area contributed by atoms with E-state index in [0.29, 0.717) is 16.3 Å². The highest BCUT2D eigenvalue weighted by atomic mass is 32.1. The van der Waals surface area contributed by atoms with Gasteiger partial charge in [0.25, 0.3) is 11.8 Å². The Morgan fingerprint density at radius 2 is 1.73 bits per heavy atom. The zero-order valence-electron chi connectivity index (χ0n) is 15.8. The summed E-state index contributed by atoms with van der Waals surface area (Å²) < 4.78 is 10.3. The lowest BCUT2D eigenvalue weighted by Gasteiger charge is -2.16. The van der Waals surface area contributed by atoms with Crippen molar-refractivity contribution in [1.29, 1.82) is 0 Å². The second-order valence-corrected chi connectivity index (χ2v) is 7.30. The third kappa shape index (κ3) is 3.37. The smallest absolute Gasteiger partial charge is 0.338 e. The molecule has 0 unspecified atom stereocenters. The zero-order chi connectivity index (χ0) is 21.3. The molecule has 0 saturated carbocycles. The lowest BCUT2D eigenvalue weighted by Crippen LogP contribution is -2.29. The van der Waals surface area contributed by atoms with E-state index in [-0.39, 0.29) is 22.5 Å². The zero-order valence-corrected chi connectivity index (χ0v) is 16.6. The summed E-state index contributed by atoms with van der Waals surface area (Å²) in [5.74, 6) is -1.76. The summed E-state index contributed by atoms with van der Waals surface area (Å²) in [6, 6.07) is 14.2. The average Bonchev–Trinajstić information content (AvgIpc) is 3.39. The maximum Gasteiger partial charge on any atom is 0.338 e. The molecule has 0 spiro atoms. The van der Waals surface area contributed by atoms with Crippen LogP contribution in [0.5, 0.6) is 5.75 Å². The number of anilines is 1. The van der Waals surface area contributed by atoms with E-state index in [0.717, 1.165) is 4.90 Å². The van der Waals surface area contributed by atoms with Crippen LogP contribution in [0.4, 0.5) is 5.69 Å². The fraction of sp³-hybridized carbons (Fsp3) is 0.0909. The van der Waals surface area contributed by atoms with Crippen LogP contribution in [0, 0.1) is 0 Å². The molecule has 8 heteroatoms. The van der Waals surface area contributed by atoms with Crippen LogP contribution in [0.15, 0.2) is 60.0 Å². The molecule has 7 nitrogen and oxygen atoms in total. The SMILES string of the molecule is COc1ccccc1N1C(=O)c2ccc(C(=O)OCC(=O)c3cccs3)cc2C1=O. The molecule has 0 aliphatic carbocycles. The van der Waals surface area contributed by atoms with E-state index < -0.39 is 24.4 Å². The Balaban J connectivity index is 1.56. The molecule has 0 saturated heterocycles. The predicted molar refractivity (Wildman–Crippen MR) is 110 cm³/mol. The standard InChI is InChI=1S/C22H15NO6S/c1-28-18-6-3-2-5-16(18)23-20(25)14-9-8-13(11-15(14)21(23)26)22(27)29-12-17(24)19-7-4-10-30-19/h2-11H,12H2,1H3. The molecule has 0 N–H and O–H groups in total. The van der Waals surface area contributed by atoms with E-state index in [1.165, 1.54) is 36.6 Å². The van der Waals surface area contributed by atoms with E-state index in [2.05, 4.69) is 0 Å². The first-order valence-corrected chi connectivity index (χ1v) is 9.79. The number of imide groups is 1. The molecule has 1 aliphatic heterocycles. The van der Waals surface area contributed by atoms with Gasteiger partial charge in [-0.15, -0.1) is 11.3 Å². The van der Waals surface area contributed by atoms with Crippen molar-refractivity contribution in [3.8, 4) is 5.75 Å². The Morgan fingerprint density at radius 3 is 2.47 bits per heavy atom. The molecule has 2 aromatic carbocycles. The molecule has 30 heavy (non-hydrogen) atoms. The van der Waals surface area contributed by atoms with Crippen LogP contribution in [-0.4, -0.2) is 37.3 Å².